The molecule has 0 spiro atoms. The monoisotopic (exact) mass is 232 g/mol. The van der Waals surface area contributed by atoms with E-state index in [1.54, 1.807) is 0 Å². The summed E-state index contributed by atoms with van der Waals surface area (Å²) in [4.78, 5) is 0. The van der Waals surface area contributed by atoms with E-state index in [1.807, 2.05) is 0 Å². The number of hydrogen-bond donors (Lipinski definition) is 0. The second-order valence-electron chi connectivity index (χ2n) is 0. The molecular formula is CsO3V-5. The second kappa shape index (κ2) is 31.3. The van der Waals surface area contributed by atoms with Gasteiger partial charge in [0.05, 0.1) is 0 Å². The van der Waals surface area contributed by atoms with E-state index in [1.165, 1.54) is 0 Å². The summed E-state index contributed by atoms with van der Waals surface area (Å²) in [5.74, 6) is 0. The standard InChI is InChI=1S/Cs.3O.V/q+1;3*-2;. The third-order valence-electron chi connectivity index (χ3n) is 0. The Kier molecular flexibility index (Phi) is 316. The Morgan fingerprint density at radius 3 is 0.600 bits per heavy atom. The van der Waals surface area contributed by atoms with Crippen LogP contribution in [0.5, 0.6) is 0 Å². The molecule has 1 radical (unpaired) electrons. The molecule has 0 fully saturated rings. The van der Waals surface area contributed by atoms with Crippen molar-refractivity contribution >= 4 is 0 Å². The van der Waals surface area contributed by atoms with Crippen LogP contribution in [0, 0.1) is 0 Å². The maximum absolute atomic E-state index is 0. The molecule has 0 saturated carbocycles. The first-order valence-electron chi connectivity index (χ1n) is 0. The largest absolute Gasteiger partial charge is 2.00 e. The number of hydrogen-bond acceptors (Lipinski definition) is 0. The minimum Gasteiger partial charge on any atom is -2.00 e. The molecule has 0 unspecified atom stereocenters. The second-order valence-corrected chi connectivity index (χ2v) is 0. The molecule has 0 aromatic rings. The van der Waals surface area contributed by atoms with Crippen molar-refractivity contribution in [2.45, 2.75) is 0 Å². The third kappa shape index (κ3) is 21.0. The Morgan fingerprint density at radius 1 is 0.600 bits per heavy atom. The Labute approximate surface area is 101 Å². The molecule has 5 heteroatoms. The van der Waals surface area contributed by atoms with E-state index in [0.717, 1.165) is 0 Å². The third-order valence-corrected chi connectivity index (χ3v) is 0. The SMILES string of the molecule is [Cs+].[O-2].[O-2].[O-2].[V]. The first-order valence-corrected chi connectivity index (χ1v) is 0. The van der Waals surface area contributed by atoms with Crippen LogP contribution in [0.4, 0.5) is 0 Å². The molecule has 0 aromatic heterocycles. The summed E-state index contributed by atoms with van der Waals surface area (Å²) < 4.78 is 0. The molecule has 29 valence electrons. The summed E-state index contributed by atoms with van der Waals surface area (Å²) in [7, 11) is 0. The van der Waals surface area contributed by atoms with Crippen molar-refractivity contribution in [1.82, 2.24) is 0 Å². The van der Waals surface area contributed by atoms with Crippen molar-refractivity contribution in [2.75, 3.05) is 0 Å². The van der Waals surface area contributed by atoms with Gasteiger partial charge >= 0.3 is 68.9 Å². The Balaban J connectivity index is 0. The van der Waals surface area contributed by atoms with E-state index in [0.29, 0.717) is 0 Å². The van der Waals surface area contributed by atoms with Gasteiger partial charge in [-0.15, -0.1) is 0 Å². The summed E-state index contributed by atoms with van der Waals surface area (Å²) in [5.41, 5.74) is 0. The van der Waals surface area contributed by atoms with Crippen LogP contribution < -0.4 is 68.9 Å². The van der Waals surface area contributed by atoms with Crippen LogP contribution in [0.2, 0.25) is 0 Å². The molecular weight excluding hydrogens is 232 g/mol. The quantitative estimate of drug-likeness (QED) is 0.417. The van der Waals surface area contributed by atoms with Gasteiger partial charge in [-0.2, -0.15) is 0 Å². The van der Waals surface area contributed by atoms with E-state index in [9.17, 15) is 0 Å². The van der Waals surface area contributed by atoms with Gasteiger partial charge in [0.25, 0.3) is 0 Å². The molecule has 0 aliphatic carbocycles. The van der Waals surface area contributed by atoms with Crippen LogP contribution in [0.25, 0.3) is 0 Å². The van der Waals surface area contributed by atoms with E-state index in [-0.39, 0.29) is 104 Å². The molecule has 0 aliphatic heterocycles. The first kappa shape index (κ1) is 50.4. The van der Waals surface area contributed by atoms with Gasteiger partial charge in [0.2, 0.25) is 0 Å². The van der Waals surface area contributed by atoms with E-state index >= 15 is 0 Å². The average molecular weight is 232 g/mol. The molecule has 0 rings (SSSR count). The van der Waals surface area contributed by atoms with Crippen molar-refractivity contribution in [3.63, 3.8) is 0 Å². The molecule has 0 N–H and O–H groups in total. The topological polar surface area (TPSA) is 85.5 Å². The molecule has 0 saturated heterocycles. The van der Waals surface area contributed by atoms with Crippen LogP contribution in [0.1, 0.15) is 0 Å². The first-order chi connectivity index (χ1) is 0. The molecule has 3 nitrogen and oxygen atoms in total. The van der Waals surface area contributed by atoms with Crippen molar-refractivity contribution < 1.29 is 104 Å². The summed E-state index contributed by atoms with van der Waals surface area (Å²) in [6, 6.07) is 0. The summed E-state index contributed by atoms with van der Waals surface area (Å²) >= 11 is 0. The molecule has 0 amide bonds. The predicted molar refractivity (Wildman–Crippen MR) is 2.06 cm³/mol. The molecule has 0 atom stereocenters. The Morgan fingerprint density at radius 2 is 0.600 bits per heavy atom. The molecule has 0 heterocycles. The molecule has 0 aromatic carbocycles. The van der Waals surface area contributed by atoms with Crippen LogP contribution in [-0.2, 0) is 35.0 Å². The average Bonchev–Trinajstić information content (AvgIpc) is 0. The molecule has 0 aliphatic rings. The zero-order valence-corrected chi connectivity index (χ0v) is 10.3. The van der Waals surface area contributed by atoms with Gasteiger partial charge in [-0.3, -0.25) is 0 Å². The van der Waals surface area contributed by atoms with Crippen molar-refractivity contribution in [2.24, 2.45) is 0 Å². The Hall–Kier alpha value is 2.52. The zero-order chi connectivity index (χ0) is 0. The summed E-state index contributed by atoms with van der Waals surface area (Å²) in [6.07, 6.45) is 0. The smallest absolute Gasteiger partial charge is 1.00 e. The maximum Gasteiger partial charge on any atom is 1.00 e. The van der Waals surface area contributed by atoms with Gasteiger partial charge in [0, 0.05) is 18.6 Å². The minimum atomic E-state index is 0. The zero-order valence-electron chi connectivity index (χ0n) is 2.67. The van der Waals surface area contributed by atoms with Crippen LogP contribution in [0.3, 0.4) is 0 Å². The van der Waals surface area contributed by atoms with Crippen LogP contribution in [-0.4, -0.2) is 0 Å². The van der Waals surface area contributed by atoms with Crippen LogP contribution >= 0.6 is 0 Å². The van der Waals surface area contributed by atoms with E-state index < -0.39 is 0 Å². The van der Waals surface area contributed by atoms with E-state index in [4.69, 9.17) is 0 Å². The Bertz CT molecular complexity index is 6.85. The predicted octanol–water partition coefficient (Wildman–Crippen LogP) is -3.35. The van der Waals surface area contributed by atoms with Gasteiger partial charge in [-0.25, -0.2) is 0 Å². The minimum absolute atomic E-state index is 0. The van der Waals surface area contributed by atoms with Crippen molar-refractivity contribution in [1.29, 1.82) is 0 Å². The number of rotatable bonds is 0. The van der Waals surface area contributed by atoms with Gasteiger partial charge in [0.1, 0.15) is 0 Å². The summed E-state index contributed by atoms with van der Waals surface area (Å²) in [5, 5.41) is 0. The fourth-order valence-electron chi connectivity index (χ4n) is 0. The summed E-state index contributed by atoms with van der Waals surface area (Å²) in [6.45, 7) is 0. The fourth-order valence-corrected chi connectivity index (χ4v) is 0. The fraction of sp³-hybridized carbons (Fsp3) is 0. The van der Waals surface area contributed by atoms with Gasteiger partial charge < -0.3 is 16.4 Å². The van der Waals surface area contributed by atoms with E-state index in [2.05, 4.69) is 0 Å². The van der Waals surface area contributed by atoms with Gasteiger partial charge in [-0.1, -0.05) is 0 Å². The van der Waals surface area contributed by atoms with Gasteiger partial charge in [0.15, 0.2) is 0 Å². The molecule has 5 heavy (non-hydrogen) atoms. The maximum atomic E-state index is 0. The van der Waals surface area contributed by atoms with Gasteiger partial charge in [-0.05, 0) is 0 Å². The van der Waals surface area contributed by atoms with Crippen molar-refractivity contribution in [3.8, 4) is 0 Å². The van der Waals surface area contributed by atoms with Crippen molar-refractivity contribution in [3.05, 3.63) is 0 Å². The normalized spacial score (nSPS) is 0. The van der Waals surface area contributed by atoms with Crippen LogP contribution in [0.15, 0.2) is 0 Å². The molecule has 0 bridgehead atoms.